The van der Waals surface area contributed by atoms with Gasteiger partial charge in [0.25, 0.3) is 11.7 Å². The molecule has 1 amide bonds. The van der Waals surface area contributed by atoms with Gasteiger partial charge in [0.15, 0.2) is 0 Å². The van der Waals surface area contributed by atoms with Crippen LogP contribution >= 0.6 is 0 Å². The first-order chi connectivity index (χ1) is 13.2. The number of amides is 1. The van der Waals surface area contributed by atoms with Crippen molar-refractivity contribution in [2.24, 2.45) is 0 Å². The lowest BCUT2D eigenvalue weighted by Gasteiger charge is -2.08. The molecule has 6 heteroatoms. The molecule has 27 heavy (non-hydrogen) atoms. The first kappa shape index (κ1) is 17.0. The third-order valence-corrected chi connectivity index (χ3v) is 4.86. The summed E-state index contributed by atoms with van der Waals surface area (Å²) in [6.45, 7) is 2.33. The molecule has 1 aliphatic heterocycles. The van der Waals surface area contributed by atoms with Crippen LogP contribution in [0.1, 0.15) is 21.6 Å². The Balaban J connectivity index is 1.76. The quantitative estimate of drug-likeness (QED) is 0.556. The van der Waals surface area contributed by atoms with Gasteiger partial charge in [0.2, 0.25) is 0 Å². The van der Waals surface area contributed by atoms with Gasteiger partial charge in [-0.1, -0.05) is 30.3 Å². The Morgan fingerprint density at radius 1 is 1.07 bits per heavy atom. The summed E-state index contributed by atoms with van der Waals surface area (Å²) in [5.74, 6) is -1.30. The summed E-state index contributed by atoms with van der Waals surface area (Å²) < 4.78 is 2.12. The number of nitrogens with one attached hydrogen (secondary N) is 2. The van der Waals surface area contributed by atoms with Crippen LogP contribution in [0.5, 0.6) is 0 Å². The van der Waals surface area contributed by atoms with Crippen LogP contribution in [0.25, 0.3) is 10.9 Å². The van der Waals surface area contributed by atoms with Crippen LogP contribution in [0.2, 0.25) is 0 Å². The SMILES string of the molecule is N#Cc1ccccc1NC(=O)C(=O)c1c2n(c3ccccc13)CCNCC2. The number of rotatable bonds is 3. The second kappa shape index (κ2) is 7.06. The molecule has 0 spiro atoms. The molecule has 0 fully saturated rings. The largest absolute Gasteiger partial charge is 0.343 e. The van der Waals surface area contributed by atoms with Crippen molar-refractivity contribution in [2.45, 2.75) is 13.0 Å². The molecule has 4 rings (SSSR count). The van der Waals surface area contributed by atoms with Gasteiger partial charge in [0.1, 0.15) is 6.07 Å². The Kier molecular flexibility index (Phi) is 4.45. The monoisotopic (exact) mass is 358 g/mol. The minimum atomic E-state index is -0.728. The fourth-order valence-corrected chi connectivity index (χ4v) is 3.63. The fourth-order valence-electron chi connectivity index (χ4n) is 3.63. The van der Waals surface area contributed by atoms with Crippen LogP contribution in [0.15, 0.2) is 48.5 Å². The maximum atomic E-state index is 13.1. The molecule has 2 heterocycles. The molecule has 2 N–H and O–H groups in total. The number of fused-ring (bicyclic) bond motifs is 3. The summed E-state index contributed by atoms with van der Waals surface area (Å²) in [6, 6.07) is 16.3. The topological polar surface area (TPSA) is 86.9 Å². The first-order valence-electron chi connectivity index (χ1n) is 8.86. The van der Waals surface area contributed by atoms with Crippen LogP contribution in [0, 0.1) is 11.3 Å². The third-order valence-electron chi connectivity index (χ3n) is 4.86. The molecule has 6 nitrogen and oxygen atoms in total. The number of aromatic nitrogens is 1. The Morgan fingerprint density at radius 2 is 1.85 bits per heavy atom. The summed E-state index contributed by atoms with van der Waals surface area (Å²) in [4.78, 5) is 25.8. The van der Waals surface area contributed by atoms with Crippen LogP contribution in [-0.2, 0) is 17.8 Å². The van der Waals surface area contributed by atoms with Crippen LogP contribution in [-0.4, -0.2) is 29.3 Å². The predicted octanol–water partition coefficient (Wildman–Crippen LogP) is 2.48. The molecule has 3 aromatic rings. The number of carbonyl (C=O) groups is 2. The van der Waals surface area contributed by atoms with E-state index in [2.05, 4.69) is 15.2 Å². The lowest BCUT2D eigenvalue weighted by molar-refractivity contribution is -0.112. The molecular formula is C21H18N4O2. The molecule has 0 aliphatic carbocycles. The average Bonchev–Trinajstić information content (AvgIpc) is 2.83. The molecular weight excluding hydrogens is 340 g/mol. The molecule has 1 aromatic heterocycles. The van der Waals surface area contributed by atoms with E-state index in [1.165, 1.54) is 0 Å². The van der Waals surface area contributed by atoms with Gasteiger partial charge in [-0.25, -0.2) is 0 Å². The van der Waals surface area contributed by atoms with E-state index >= 15 is 0 Å². The number of ketones is 1. The normalized spacial score (nSPS) is 13.4. The standard InChI is InChI=1S/C21H18N4O2/c22-13-14-5-1-3-7-16(14)24-21(27)20(26)19-15-6-2-4-8-17(15)25-12-11-23-10-9-18(19)25/h1-8,23H,9-12H2,(H,24,27). The van der Waals surface area contributed by atoms with Crippen molar-refractivity contribution in [3.05, 3.63) is 65.4 Å². The van der Waals surface area contributed by atoms with E-state index in [4.69, 9.17) is 0 Å². The summed E-state index contributed by atoms with van der Waals surface area (Å²) >= 11 is 0. The zero-order valence-electron chi connectivity index (χ0n) is 14.7. The van der Waals surface area contributed by atoms with Crippen molar-refractivity contribution in [1.29, 1.82) is 5.26 Å². The summed E-state index contributed by atoms with van der Waals surface area (Å²) in [5.41, 5.74) is 2.97. The van der Waals surface area contributed by atoms with Gasteiger partial charge >= 0.3 is 0 Å². The van der Waals surface area contributed by atoms with E-state index in [9.17, 15) is 14.9 Å². The third kappa shape index (κ3) is 2.98. The van der Waals surface area contributed by atoms with Gasteiger partial charge in [-0.05, 0) is 18.2 Å². The number of nitriles is 1. The van der Waals surface area contributed by atoms with E-state index in [1.54, 1.807) is 24.3 Å². The minimum absolute atomic E-state index is 0.323. The molecule has 0 unspecified atom stereocenters. The highest BCUT2D eigenvalue weighted by Gasteiger charge is 2.27. The number of para-hydroxylation sites is 2. The summed E-state index contributed by atoms with van der Waals surface area (Å²) in [6.07, 6.45) is 0.678. The Hall–Kier alpha value is -3.43. The molecule has 134 valence electrons. The number of hydrogen-bond donors (Lipinski definition) is 2. The van der Waals surface area contributed by atoms with E-state index < -0.39 is 11.7 Å². The van der Waals surface area contributed by atoms with Crippen molar-refractivity contribution in [3.8, 4) is 6.07 Å². The molecule has 0 bridgehead atoms. The molecule has 1 aliphatic rings. The van der Waals surface area contributed by atoms with Crippen molar-refractivity contribution in [1.82, 2.24) is 9.88 Å². The fraction of sp³-hybridized carbons (Fsp3) is 0.190. The Morgan fingerprint density at radius 3 is 2.70 bits per heavy atom. The van der Waals surface area contributed by atoms with Crippen LogP contribution in [0.4, 0.5) is 5.69 Å². The van der Waals surface area contributed by atoms with Crippen molar-refractivity contribution < 1.29 is 9.59 Å². The van der Waals surface area contributed by atoms with Gasteiger partial charge < -0.3 is 15.2 Å². The summed E-state index contributed by atoms with van der Waals surface area (Å²) in [5, 5.41) is 15.9. The van der Waals surface area contributed by atoms with Crippen molar-refractivity contribution >= 4 is 28.3 Å². The van der Waals surface area contributed by atoms with Gasteiger partial charge in [0.05, 0.1) is 16.8 Å². The minimum Gasteiger partial charge on any atom is -0.343 e. The highest BCUT2D eigenvalue weighted by molar-refractivity contribution is 6.48. The Labute approximate surface area is 156 Å². The highest BCUT2D eigenvalue weighted by Crippen LogP contribution is 2.28. The number of carbonyl (C=O) groups excluding carboxylic acids is 2. The smallest absolute Gasteiger partial charge is 0.296 e. The average molecular weight is 358 g/mol. The zero-order chi connectivity index (χ0) is 18.8. The van der Waals surface area contributed by atoms with E-state index in [0.29, 0.717) is 23.2 Å². The number of nitrogens with zero attached hydrogens (tertiary/aromatic N) is 2. The second-order valence-corrected chi connectivity index (χ2v) is 6.43. The van der Waals surface area contributed by atoms with Crippen LogP contribution in [0.3, 0.4) is 0 Å². The zero-order valence-corrected chi connectivity index (χ0v) is 14.7. The molecule has 0 atom stereocenters. The molecule has 0 radical (unpaired) electrons. The Bertz CT molecular complexity index is 1090. The highest BCUT2D eigenvalue weighted by atomic mass is 16.2. The predicted molar refractivity (Wildman–Crippen MR) is 103 cm³/mol. The van der Waals surface area contributed by atoms with Gasteiger partial charge in [-0.3, -0.25) is 9.59 Å². The second-order valence-electron chi connectivity index (χ2n) is 6.43. The van der Waals surface area contributed by atoms with Gasteiger partial charge in [-0.15, -0.1) is 0 Å². The lowest BCUT2D eigenvalue weighted by atomic mass is 10.0. The lowest BCUT2D eigenvalue weighted by Crippen LogP contribution is -2.24. The molecule has 0 saturated carbocycles. The van der Waals surface area contributed by atoms with E-state index in [-0.39, 0.29) is 0 Å². The molecule has 2 aromatic carbocycles. The van der Waals surface area contributed by atoms with Gasteiger partial charge in [0, 0.05) is 42.7 Å². The van der Waals surface area contributed by atoms with Crippen LogP contribution < -0.4 is 10.6 Å². The number of benzene rings is 2. The number of Topliss-reactive ketones (excluding diaryl/α,β-unsaturated/α-hetero) is 1. The van der Waals surface area contributed by atoms with Crippen molar-refractivity contribution in [3.63, 3.8) is 0 Å². The maximum Gasteiger partial charge on any atom is 0.296 e. The van der Waals surface area contributed by atoms with Gasteiger partial charge in [-0.2, -0.15) is 5.26 Å². The number of anilines is 1. The summed E-state index contributed by atoms with van der Waals surface area (Å²) in [7, 11) is 0. The molecule has 0 saturated heterocycles. The van der Waals surface area contributed by atoms with Crippen molar-refractivity contribution in [2.75, 3.05) is 18.4 Å². The number of hydrogen-bond acceptors (Lipinski definition) is 4. The van der Waals surface area contributed by atoms with E-state index in [1.807, 2.05) is 30.3 Å². The maximum absolute atomic E-state index is 13.1. The van der Waals surface area contributed by atoms with E-state index in [0.717, 1.165) is 36.2 Å². The first-order valence-corrected chi connectivity index (χ1v) is 8.86.